The number of anilines is 1. The number of carbonyl (C=O) groups excluding carboxylic acids is 2. The van der Waals surface area contributed by atoms with Crippen molar-refractivity contribution in [1.82, 2.24) is 9.55 Å². The standard InChI is InChI=1S/C21H19F2N3O4S/c1-13-11-15(14(2)26(13)21-24-9-10-31-21)3-8-19(28)29-12-18(27)25-16-4-6-17(7-5-16)30-20(22)23/h3-11,20H,12H2,1-2H3,(H,25,27)/b8-3+. The molecule has 0 saturated carbocycles. The number of carbonyl (C=O) groups is 2. The van der Waals surface area contributed by atoms with Crippen LogP contribution in [-0.4, -0.2) is 34.6 Å². The molecule has 0 saturated heterocycles. The molecule has 10 heteroatoms. The number of ether oxygens (including phenoxy) is 2. The average molecular weight is 447 g/mol. The largest absolute Gasteiger partial charge is 0.452 e. The number of amides is 1. The number of nitrogens with zero attached hydrogens (tertiary/aromatic N) is 2. The fraction of sp³-hybridized carbons (Fsp3) is 0.190. The predicted molar refractivity (Wildman–Crippen MR) is 113 cm³/mol. The van der Waals surface area contributed by atoms with E-state index >= 15 is 0 Å². The van der Waals surface area contributed by atoms with E-state index in [1.807, 2.05) is 29.9 Å². The number of halogens is 2. The fourth-order valence-electron chi connectivity index (χ4n) is 2.84. The molecule has 0 atom stereocenters. The van der Waals surface area contributed by atoms with E-state index in [2.05, 4.69) is 15.0 Å². The highest BCUT2D eigenvalue weighted by molar-refractivity contribution is 7.12. The number of aryl methyl sites for hydroxylation is 1. The van der Waals surface area contributed by atoms with E-state index in [4.69, 9.17) is 4.74 Å². The van der Waals surface area contributed by atoms with Crippen LogP contribution in [0, 0.1) is 13.8 Å². The molecule has 1 amide bonds. The molecule has 0 radical (unpaired) electrons. The van der Waals surface area contributed by atoms with Crippen molar-refractivity contribution in [1.29, 1.82) is 0 Å². The molecule has 0 unspecified atom stereocenters. The van der Waals surface area contributed by atoms with Gasteiger partial charge in [-0.05, 0) is 55.8 Å². The molecule has 0 aliphatic heterocycles. The topological polar surface area (TPSA) is 82.5 Å². The summed E-state index contributed by atoms with van der Waals surface area (Å²) in [6.45, 7) is 0.452. The van der Waals surface area contributed by atoms with Gasteiger partial charge in [-0.15, -0.1) is 11.3 Å². The smallest absolute Gasteiger partial charge is 0.387 e. The van der Waals surface area contributed by atoms with Gasteiger partial charge in [0.1, 0.15) is 5.75 Å². The molecular weight excluding hydrogens is 428 g/mol. The summed E-state index contributed by atoms with van der Waals surface area (Å²) in [7, 11) is 0. The SMILES string of the molecule is Cc1cc(/C=C/C(=O)OCC(=O)Nc2ccc(OC(F)F)cc2)c(C)n1-c1nccs1. The van der Waals surface area contributed by atoms with Crippen molar-refractivity contribution < 1.29 is 27.8 Å². The molecule has 0 aliphatic carbocycles. The molecule has 0 spiro atoms. The normalized spacial score (nSPS) is 11.1. The van der Waals surface area contributed by atoms with Gasteiger partial charge in [-0.25, -0.2) is 9.78 Å². The molecule has 0 bridgehead atoms. The maximum absolute atomic E-state index is 12.1. The van der Waals surface area contributed by atoms with Gasteiger partial charge >= 0.3 is 12.6 Å². The summed E-state index contributed by atoms with van der Waals surface area (Å²) in [5, 5.41) is 5.22. The van der Waals surface area contributed by atoms with Crippen LogP contribution >= 0.6 is 11.3 Å². The Morgan fingerprint density at radius 3 is 2.65 bits per heavy atom. The Bertz CT molecular complexity index is 1080. The van der Waals surface area contributed by atoms with Gasteiger partial charge in [-0.1, -0.05) is 0 Å². The molecule has 2 aromatic heterocycles. The quantitative estimate of drug-likeness (QED) is 0.410. The molecule has 31 heavy (non-hydrogen) atoms. The number of nitrogens with one attached hydrogen (secondary N) is 1. The molecule has 0 aliphatic rings. The third-order valence-electron chi connectivity index (χ3n) is 4.19. The highest BCUT2D eigenvalue weighted by Gasteiger charge is 2.12. The van der Waals surface area contributed by atoms with E-state index in [0.717, 1.165) is 22.1 Å². The minimum atomic E-state index is -2.92. The van der Waals surface area contributed by atoms with Crippen molar-refractivity contribution in [3.05, 3.63) is 64.9 Å². The number of rotatable bonds is 8. The van der Waals surface area contributed by atoms with Gasteiger partial charge in [0.25, 0.3) is 5.91 Å². The third kappa shape index (κ3) is 5.98. The molecular formula is C21H19F2N3O4S. The third-order valence-corrected chi connectivity index (χ3v) is 4.95. The zero-order valence-electron chi connectivity index (χ0n) is 16.7. The second kappa shape index (κ2) is 9.98. The molecule has 1 N–H and O–H groups in total. The zero-order valence-corrected chi connectivity index (χ0v) is 17.5. The van der Waals surface area contributed by atoms with E-state index < -0.39 is 25.1 Å². The number of esters is 1. The first-order valence-corrected chi connectivity index (χ1v) is 10.00. The molecule has 1 aromatic carbocycles. The summed E-state index contributed by atoms with van der Waals surface area (Å²) in [5.74, 6) is -1.26. The minimum Gasteiger partial charge on any atom is -0.452 e. The van der Waals surface area contributed by atoms with Crippen LogP contribution in [0.4, 0.5) is 14.5 Å². The van der Waals surface area contributed by atoms with Gasteiger partial charge in [0, 0.05) is 34.7 Å². The average Bonchev–Trinajstić information content (AvgIpc) is 3.33. The Hall–Kier alpha value is -3.53. The summed E-state index contributed by atoms with van der Waals surface area (Å²) in [5.41, 5.74) is 3.09. The van der Waals surface area contributed by atoms with Crippen LogP contribution in [0.15, 0.2) is 48.0 Å². The van der Waals surface area contributed by atoms with Crippen molar-refractivity contribution >= 4 is 35.0 Å². The van der Waals surface area contributed by atoms with E-state index in [9.17, 15) is 18.4 Å². The fourth-order valence-corrected chi connectivity index (χ4v) is 3.59. The van der Waals surface area contributed by atoms with Crippen LogP contribution in [0.25, 0.3) is 11.2 Å². The van der Waals surface area contributed by atoms with Crippen molar-refractivity contribution in [2.45, 2.75) is 20.5 Å². The number of alkyl halides is 2. The van der Waals surface area contributed by atoms with Crippen LogP contribution in [-0.2, 0) is 14.3 Å². The lowest BCUT2D eigenvalue weighted by Crippen LogP contribution is -2.20. The Kier molecular flexibility index (Phi) is 7.14. The van der Waals surface area contributed by atoms with Crippen LogP contribution in [0.5, 0.6) is 5.75 Å². The van der Waals surface area contributed by atoms with Gasteiger partial charge in [0.05, 0.1) is 0 Å². The summed E-state index contributed by atoms with van der Waals surface area (Å²) >= 11 is 1.51. The highest BCUT2D eigenvalue weighted by Crippen LogP contribution is 2.23. The maximum atomic E-state index is 12.1. The first kappa shape index (κ1) is 22.2. The lowest BCUT2D eigenvalue weighted by molar-refractivity contribution is -0.142. The minimum absolute atomic E-state index is 0.0289. The lowest BCUT2D eigenvalue weighted by atomic mass is 10.2. The second-order valence-corrected chi connectivity index (χ2v) is 7.24. The van der Waals surface area contributed by atoms with E-state index in [-0.39, 0.29) is 5.75 Å². The number of aromatic nitrogens is 2. The summed E-state index contributed by atoms with van der Waals surface area (Å²) in [4.78, 5) is 28.2. The predicted octanol–water partition coefficient (Wildman–Crippen LogP) is 4.35. The van der Waals surface area contributed by atoms with Crippen molar-refractivity contribution in [2.24, 2.45) is 0 Å². The molecule has 0 fully saturated rings. The molecule has 7 nitrogen and oxygen atoms in total. The van der Waals surface area contributed by atoms with Crippen LogP contribution < -0.4 is 10.1 Å². The Morgan fingerprint density at radius 1 is 1.26 bits per heavy atom. The molecule has 2 heterocycles. The number of hydrogen-bond donors (Lipinski definition) is 1. The lowest BCUT2D eigenvalue weighted by Gasteiger charge is -2.07. The Morgan fingerprint density at radius 2 is 2.00 bits per heavy atom. The second-order valence-electron chi connectivity index (χ2n) is 6.37. The molecule has 3 rings (SSSR count). The van der Waals surface area contributed by atoms with Gasteiger partial charge < -0.3 is 14.8 Å². The zero-order chi connectivity index (χ0) is 22.4. The van der Waals surface area contributed by atoms with E-state index in [1.165, 1.54) is 41.7 Å². The van der Waals surface area contributed by atoms with Crippen molar-refractivity contribution in [3.8, 4) is 10.9 Å². The van der Waals surface area contributed by atoms with Crippen LogP contribution in [0.2, 0.25) is 0 Å². The van der Waals surface area contributed by atoms with Crippen molar-refractivity contribution in [2.75, 3.05) is 11.9 Å². The maximum Gasteiger partial charge on any atom is 0.387 e. The molecule has 3 aromatic rings. The van der Waals surface area contributed by atoms with Gasteiger partial charge in [-0.3, -0.25) is 9.36 Å². The number of hydrogen-bond acceptors (Lipinski definition) is 6. The number of thiazole rings is 1. The van der Waals surface area contributed by atoms with Gasteiger partial charge in [-0.2, -0.15) is 8.78 Å². The van der Waals surface area contributed by atoms with Crippen LogP contribution in [0.1, 0.15) is 17.0 Å². The number of benzene rings is 1. The van der Waals surface area contributed by atoms with Gasteiger partial charge in [0.15, 0.2) is 11.7 Å². The van der Waals surface area contributed by atoms with Crippen LogP contribution in [0.3, 0.4) is 0 Å². The Balaban J connectivity index is 1.51. The summed E-state index contributed by atoms with van der Waals surface area (Å²) < 4.78 is 35.4. The Labute approximate surface area is 180 Å². The van der Waals surface area contributed by atoms with E-state index in [0.29, 0.717) is 5.69 Å². The summed E-state index contributed by atoms with van der Waals surface area (Å²) in [6, 6.07) is 7.30. The first-order chi connectivity index (χ1) is 14.8. The van der Waals surface area contributed by atoms with Gasteiger partial charge in [0.2, 0.25) is 0 Å². The molecule has 162 valence electrons. The summed E-state index contributed by atoms with van der Waals surface area (Å²) in [6.07, 6.45) is 4.59. The van der Waals surface area contributed by atoms with Crippen molar-refractivity contribution in [3.63, 3.8) is 0 Å². The monoisotopic (exact) mass is 447 g/mol. The van der Waals surface area contributed by atoms with E-state index in [1.54, 1.807) is 12.3 Å². The first-order valence-electron chi connectivity index (χ1n) is 9.12. The highest BCUT2D eigenvalue weighted by atomic mass is 32.1.